The molecule has 17 heavy (non-hydrogen) atoms. The Morgan fingerprint density at radius 1 is 1.00 bits per heavy atom. The average molecular weight is 224 g/mol. The smallest absolute Gasteiger partial charge is 0.137 e. The van der Waals surface area contributed by atoms with Crippen LogP contribution in [0.1, 0.15) is 11.3 Å². The highest BCUT2D eigenvalue weighted by Gasteiger charge is 2.09. The fourth-order valence-corrected chi connectivity index (χ4v) is 2.09. The molecule has 0 aliphatic rings. The Hall–Kier alpha value is -2.23. The summed E-state index contributed by atoms with van der Waals surface area (Å²) in [6.45, 7) is 4.14. The molecular formula is C13H12N4. The maximum Gasteiger partial charge on any atom is 0.137 e. The summed E-state index contributed by atoms with van der Waals surface area (Å²) in [5.74, 6) is 0. The summed E-state index contributed by atoms with van der Waals surface area (Å²) in [6, 6.07) is 4.20. The number of hydrogen-bond donors (Lipinski definition) is 0. The molecule has 3 aromatic heterocycles. The van der Waals surface area contributed by atoms with Gasteiger partial charge < -0.3 is 0 Å². The molecule has 0 amide bonds. The molecular weight excluding hydrogens is 212 g/mol. The third kappa shape index (κ3) is 1.58. The Balaban J connectivity index is 2.32. The first-order chi connectivity index (χ1) is 8.25. The zero-order valence-electron chi connectivity index (χ0n) is 9.75. The van der Waals surface area contributed by atoms with Gasteiger partial charge in [0.15, 0.2) is 0 Å². The van der Waals surface area contributed by atoms with Crippen molar-refractivity contribution in [1.82, 2.24) is 19.4 Å². The molecule has 0 spiro atoms. The van der Waals surface area contributed by atoms with Gasteiger partial charge in [-0.05, 0) is 31.5 Å². The summed E-state index contributed by atoms with van der Waals surface area (Å²) in [7, 11) is 0. The lowest BCUT2D eigenvalue weighted by atomic mass is 10.2. The molecule has 0 aromatic carbocycles. The van der Waals surface area contributed by atoms with Crippen LogP contribution in [-0.2, 0) is 0 Å². The summed E-state index contributed by atoms with van der Waals surface area (Å²) in [4.78, 5) is 12.8. The summed E-state index contributed by atoms with van der Waals surface area (Å²) >= 11 is 0. The number of aromatic nitrogens is 4. The third-order valence-electron chi connectivity index (χ3n) is 2.76. The number of imidazole rings is 1. The molecule has 0 atom stereocenters. The Kier molecular flexibility index (Phi) is 2.14. The Morgan fingerprint density at radius 3 is 2.65 bits per heavy atom. The molecule has 84 valence electrons. The van der Waals surface area contributed by atoms with Gasteiger partial charge in [-0.25, -0.2) is 4.98 Å². The number of pyridine rings is 1. The van der Waals surface area contributed by atoms with E-state index in [1.165, 1.54) is 5.56 Å². The van der Waals surface area contributed by atoms with Crippen molar-refractivity contribution >= 4 is 5.65 Å². The van der Waals surface area contributed by atoms with Crippen LogP contribution in [0.4, 0.5) is 0 Å². The Labute approximate surface area is 99.0 Å². The third-order valence-corrected chi connectivity index (χ3v) is 2.76. The first-order valence-corrected chi connectivity index (χ1v) is 5.47. The highest BCUT2D eigenvalue weighted by molar-refractivity contribution is 5.60. The fraction of sp³-hybridized carbons (Fsp3) is 0.154. The summed E-state index contributed by atoms with van der Waals surface area (Å²) in [6.07, 6.45) is 6.95. The van der Waals surface area contributed by atoms with E-state index in [4.69, 9.17) is 0 Å². The molecule has 0 saturated carbocycles. The molecule has 3 rings (SSSR count). The molecule has 0 N–H and O–H groups in total. The number of hydrogen-bond acceptors (Lipinski definition) is 3. The van der Waals surface area contributed by atoms with E-state index >= 15 is 0 Å². The van der Waals surface area contributed by atoms with Gasteiger partial charge in [0.2, 0.25) is 0 Å². The Morgan fingerprint density at radius 2 is 1.88 bits per heavy atom. The van der Waals surface area contributed by atoms with Crippen molar-refractivity contribution in [3.63, 3.8) is 0 Å². The van der Waals surface area contributed by atoms with E-state index < -0.39 is 0 Å². The summed E-state index contributed by atoms with van der Waals surface area (Å²) < 4.78 is 2.09. The maximum absolute atomic E-state index is 4.41. The SMILES string of the molecule is Cc1cc(C)n2c(-c3cnccn3)cnc2c1. The second-order valence-electron chi connectivity index (χ2n) is 4.10. The molecule has 0 aliphatic carbocycles. The minimum absolute atomic E-state index is 0.840. The molecule has 0 saturated heterocycles. The molecule has 0 fully saturated rings. The zero-order chi connectivity index (χ0) is 11.8. The number of aryl methyl sites for hydroxylation is 2. The van der Waals surface area contributed by atoms with Crippen LogP contribution in [0, 0.1) is 13.8 Å². The van der Waals surface area contributed by atoms with Gasteiger partial charge in [0, 0.05) is 18.1 Å². The standard InChI is InChI=1S/C13H12N4/c1-9-5-10(2)17-12(8-16-13(17)6-9)11-7-14-3-4-15-11/h3-8H,1-2H3. The first-order valence-electron chi connectivity index (χ1n) is 5.47. The molecule has 4 nitrogen and oxygen atoms in total. The fourth-order valence-electron chi connectivity index (χ4n) is 2.09. The van der Waals surface area contributed by atoms with E-state index in [9.17, 15) is 0 Å². The molecule has 0 bridgehead atoms. The lowest BCUT2D eigenvalue weighted by molar-refractivity contribution is 1.07. The molecule has 4 heteroatoms. The second kappa shape index (κ2) is 3.66. The van der Waals surface area contributed by atoms with E-state index in [1.54, 1.807) is 18.6 Å². The van der Waals surface area contributed by atoms with Crippen molar-refractivity contribution in [1.29, 1.82) is 0 Å². The first kappa shape index (κ1) is 9.96. The van der Waals surface area contributed by atoms with Crippen LogP contribution >= 0.6 is 0 Å². The van der Waals surface area contributed by atoms with Crippen LogP contribution in [0.25, 0.3) is 17.0 Å². The summed E-state index contributed by atoms with van der Waals surface area (Å²) in [5.41, 5.74) is 5.13. The van der Waals surface area contributed by atoms with E-state index in [1.807, 2.05) is 6.20 Å². The quantitative estimate of drug-likeness (QED) is 0.637. The zero-order valence-corrected chi connectivity index (χ0v) is 9.75. The minimum atomic E-state index is 0.840. The summed E-state index contributed by atoms with van der Waals surface area (Å²) in [5, 5.41) is 0. The predicted octanol–water partition coefficient (Wildman–Crippen LogP) is 2.41. The van der Waals surface area contributed by atoms with Gasteiger partial charge >= 0.3 is 0 Å². The van der Waals surface area contributed by atoms with Crippen LogP contribution in [-0.4, -0.2) is 19.4 Å². The number of nitrogens with zero attached hydrogens (tertiary/aromatic N) is 4. The van der Waals surface area contributed by atoms with Gasteiger partial charge in [-0.2, -0.15) is 0 Å². The van der Waals surface area contributed by atoms with Crippen molar-refractivity contribution in [2.45, 2.75) is 13.8 Å². The second-order valence-corrected chi connectivity index (χ2v) is 4.10. The van der Waals surface area contributed by atoms with Crippen LogP contribution in [0.15, 0.2) is 36.9 Å². The van der Waals surface area contributed by atoms with Crippen LogP contribution in [0.3, 0.4) is 0 Å². The van der Waals surface area contributed by atoms with Crippen molar-refractivity contribution in [3.05, 3.63) is 48.2 Å². The monoisotopic (exact) mass is 224 g/mol. The molecule has 0 radical (unpaired) electrons. The van der Waals surface area contributed by atoms with E-state index in [2.05, 4.69) is 45.3 Å². The molecule has 3 heterocycles. The van der Waals surface area contributed by atoms with Crippen molar-refractivity contribution in [2.24, 2.45) is 0 Å². The predicted molar refractivity (Wildman–Crippen MR) is 65.7 cm³/mol. The highest BCUT2D eigenvalue weighted by atomic mass is 15.0. The normalized spacial score (nSPS) is 10.9. The maximum atomic E-state index is 4.41. The lowest BCUT2D eigenvalue weighted by Gasteiger charge is -2.05. The topological polar surface area (TPSA) is 43.1 Å². The highest BCUT2D eigenvalue weighted by Crippen LogP contribution is 2.20. The largest absolute Gasteiger partial charge is 0.295 e. The molecule has 3 aromatic rings. The van der Waals surface area contributed by atoms with Gasteiger partial charge in [0.05, 0.1) is 18.1 Å². The van der Waals surface area contributed by atoms with Gasteiger partial charge in [-0.1, -0.05) is 0 Å². The van der Waals surface area contributed by atoms with Crippen molar-refractivity contribution in [2.75, 3.05) is 0 Å². The molecule has 0 unspecified atom stereocenters. The average Bonchev–Trinajstić information content (AvgIpc) is 2.74. The van der Waals surface area contributed by atoms with Crippen molar-refractivity contribution in [3.8, 4) is 11.4 Å². The van der Waals surface area contributed by atoms with Crippen LogP contribution in [0.5, 0.6) is 0 Å². The van der Waals surface area contributed by atoms with E-state index in [-0.39, 0.29) is 0 Å². The molecule has 0 aliphatic heterocycles. The minimum Gasteiger partial charge on any atom is -0.295 e. The number of fused-ring (bicyclic) bond motifs is 1. The van der Waals surface area contributed by atoms with Crippen LogP contribution < -0.4 is 0 Å². The van der Waals surface area contributed by atoms with Gasteiger partial charge in [0.1, 0.15) is 11.3 Å². The van der Waals surface area contributed by atoms with Gasteiger partial charge in [-0.3, -0.25) is 14.4 Å². The van der Waals surface area contributed by atoms with Gasteiger partial charge in [0.25, 0.3) is 0 Å². The van der Waals surface area contributed by atoms with E-state index in [0.717, 1.165) is 22.7 Å². The Bertz CT molecular complexity index is 670. The van der Waals surface area contributed by atoms with Crippen LogP contribution in [0.2, 0.25) is 0 Å². The lowest BCUT2D eigenvalue weighted by Crippen LogP contribution is -1.96. The number of rotatable bonds is 1. The van der Waals surface area contributed by atoms with Crippen molar-refractivity contribution < 1.29 is 0 Å². The van der Waals surface area contributed by atoms with E-state index in [0.29, 0.717) is 0 Å². The van der Waals surface area contributed by atoms with Gasteiger partial charge in [-0.15, -0.1) is 0 Å².